The molecule has 0 spiro atoms. The summed E-state index contributed by atoms with van der Waals surface area (Å²) in [5.74, 6) is -0.423. The summed E-state index contributed by atoms with van der Waals surface area (Å²) in [6, 6.07) is 9.21. The van der Waals surface area contributed by atoms with E-state index in [-0.39, 0.29) is 29.9 Å². The number of hydrogen-bond acceptors (Lipinski definition) is 3. The van der Waals surface area contributed by atoms with Gasteiger partial charge in [0.05, 0.1) is 0 Å². The SMILES string of the molecule is C[C@@H](C(=O)N1C(=O)OC[C@H]1c1ccccc1)C(C)(C)C. The molecule has 1 aliphatic rings. The third-order valence-electron chi connectivity index (χ3n) is 3.96. The minimum Gasteiger partial charge on any atom is -0.446 e. The van der Waals surface area contributed by atoms with Gasteiger partial charge in [0.2, 0.25) is 5.91 Å². The van der Waals surface area contributed by atoms with Gasteiger partial charge in [-0.15, -0.1) is 0 Å². The maximum absolute atomic E-state index is 12.6. The number of carbonyl (C=O) groups excluding carboxylic acids is 2. The Kier molecular flexibility index (Phi) is 3.84. The molecule has 0 aromatic heterocycles. The normalized spacial score (nSPS) is 20.7. The molecule has 1 heterocycles. The molecule has 1 saturated heterocycles. The first-order valence-electron chi connectivity index (χ1n) is 6.87. The van der Waals surface area contributed by atoms with Crippen LogP contribution in [-0.4, -0.2) is 23.5 Å². The molecule has 108 valence electrons. The Morgan fingerprint density at radius 1 is 1.30 bits per heavy atom. The van der Waals surface area contributed by atoms with Crippen molar-refractivity contribution >= 4 is 12.0 Å². The first-order chi connectivity index (χ1) is 9.32. The summed E-state index contributed by atoms with van der Waals surface area (Å²) in [6.07, 6.45) is -0.542. The predicted molar refractivity (Wildman–Crippen MR) is 76.0 cm³/mol. The Balaban J connectivity index is 2.28. The van der Waals surface area contributed by atoms with E-state index in [9.17, 15) is 9.59 Å². The standard InChI is InChI=1S/C16H21NO3/c1-11(16(2,3)4)14(18)17-13(10-20-15(17)19)12-8-6-5-7-9-12/h5-9,11,13H,10H2,1-4H3/t11-,13-/m0/s1. The molecule has 0 N–H and O–H groups in total. The molecule has 2 rings (SSSR count). The lowest BCUT2D eigenvalue weighted by Gasteiger charge is -2.30. The van der Waals surface area contributed by atoms with Crippen molar-refractivity contribution in [3.63, 3.8) is 0 Å². The summed E-state index contributed by atoms with van der Waals surface area (Å²) in [4.78, 5) is 25.8. The molecule has 0 unspecified atom stereocenters. The molecule has 1 aromatic carbocycles. The molecule has 1 aliphatic heterocycles. The average Bonchev–Trinajstić information content (AvgIpc) is 2.79. The van der Waals surface area contributed by atoms with Crippen molar-refractivity contribution in [2.75, 3.05) is 6.61 Å². The number of hydrogen-bond donors (Lipinski definition) is 0. The van der Waals surface area contributed by atoms with Gasteiger partial charge in [-0.3, -0.25) is 4.79 Å². The molecule has 0 radical (unpaired) electrons. The third-order valence-corrected chi connectivity index (χ3v) is 3.96. The highest BCUT2D eigenvalue weighted by molar-refractivity contribution is 5.95. The largest absolute Gasteiger partial charge is 0.446 e. The summed E-state index contributed by atoms with van der Waals surface area (Å²) in [7, 11) is 0. The molecule has 0 aliphatic carbocycles. The fourth-order valence-corrected chi connectivity index (χ4v) is 2.16. The van der Waals surface area contributed by atoms with Crippen molar-refractivity contribution < 1.29 is 14.3 Å². The van der Waals surface area contributed by atoms with Gasteiger partial charge in [-0.2, -0.15) is 0 Å². The summed E-state index contributed by atoms with van der Waals surface area (Å²) in [5.41, 5.74) is 0.731. The predicted octanol–water partition coefficient (Wildman–Crippen LogP) is 3.39. The van der Waals surface area contributed by atoms with Gasteiger partial charge in [-0.1, -0.05) is 58.0 Å². The molecular weight excluding hydrogens is 254 g/mol. The van der Waals surface area contributed by atoms with E-state index in [2.05, 4.69) is 0 Å². The van der Waals surface area contributed by atoms with Gasteiger partial charge in [-0.25, -0.2) is 9.69 Å². The minimum atomic E-state index is -0.542. The number of cyclic esters (lactones) is 1. The van der Waals surface area contributed by atoms with Crippen LogP contribution in [0.25, 0.3) is 0 Å². The Hall–Kier alpha value is -1.84. The molecule has 0 saturated carbocycles. The number of ether oxygens (including phenoxy) is 1. The van der Waals surface area contributed by atoms with Gasteiger partial charge in [0.1, 0.15) is 12.6 Å². The lowest BCUT2D eigenvalue weighted by atomic mass is 9.81. The minimum absolute atomic E-state index is 0.172. The van der Waals surface area contributed by atoms with Gasteiger partial charge >= 0.3 is 6.09 Å². The van der Waals surface area contributed by atoms with E-state index < -0.39 is 6.09 Å². The van der Waals surface area contributed by atoms with Crippen molar-refractivity contribution in [3.05, 3.63) is 35.9 Å². The van der Waals surface area contributed by atoms with Gasteiger partial charge in [0.15, 0.2) is 0 Å². The van der Waals surface area contributed by atoms with Crippen LogP contribution in [0.2, 0.25) is 0 Å². The first kappa shape index (κ1) is 14.6. The average molecular weight is 275 g/mol. The van der Waals surface area contributed by atoms with Crippen LogP contribution < -0.4 is 0 Å². The zero-order valence-electron chi connectivity index (χ0n) is 12.4. The molecule has 1 aromatic rings. The summed E-state index contributed by atoms with van der Waals surface area (Å²) in [5, 5.41) is 0. The van der Waals surface area contributed by atoms with Crippen molar-refractivity contribution in [2.24, 2.45) is 11.3 Å². The molecule has 20 heavy (non-hydrogen) atoms. The van der Waals surface area contributed by atoms with E-state index in [1.165, 1.54) is 4.90 Å². The van der Waals surface area contributed by atoms with Gasteiger partial charge in [0.25, 0.3) is 0 Å². The quantitative estimate of drug-likeness (QED) is 0.831. The highest BCUT2D eigenvalue weighted by Crippen LogP contribution is 2.33. The fourth-order valence-electron chi connectivity index (χ4n) is 2.16. The molecule has 0 bridgehead atoms. The molecule has 2 amide bonds. The molecule has 2 atom stereocenters. The fraction of sp³-hybridized carbons (Fsp3) is 0.500. The number of nitrogens with zero attached hydrogens (tertiary/aromatic N) is 1. The maximum Gasteiger partial charge on any atom is 0.417 e. The van der Waals surface area contributed by atoms with Gasteiger partial charge in [0, 0.05) is 5.92 Å². The van der Waals surface area contributed by atoms with Crippen molar-refractivity contribution in [3.8, 4) is 0 Å². The summed E-state index contributed by atoms with van der Waals surface area (Å²) < 4.78 is 5.08. The maximum atomic E-state index is 12.6. The topological polar surface area (TPSA) is 46.6 Å². The van der Waals surface area contributed by atoms with E-state index in [4.69, 9.17) is 4.74 Å². The van der Waals surface area contributed by atoms with Gasteiger partial charge in [-0.05, 0) is 11.0 Å². The number of rotatable bonds is 2. The van der Waals surface area contributed by atoms with E-state index in [1.807, 2.05) is 58.0 Å². The van der Waals surface area contributed by atoms with E-state index >= 15 is 0 Å². The lowest BCUT2D eigenvalue weighted by Crippen LogP contribution is -2.41. The first-order valence-corrected chi connectivity index (χ1v) is 6.87. The zero-order valence-corrected chi connectivity index (χ0v) is 12.4. The molecular formula is C16H21NO3. The molecule has 1 fully saturated rings. The van der Waals surface area contributed by atoms with Crippen molar-refractivity contribution in [1.82, 2.24) is 4.90 Å². The van der Waals surface area contributed by atoms with Crippen LogP contribution >= 0.6 is 0 Å². The van der Waals surface area contributed by atoms with E-state index in [0.29, 0.717) is 0 Å². The monoisotopic (exact) mass is 275 g/mol. The molecule has 4 nitrogen and oxygen atoms in total. The van der Waals surface area contributed by atoms with Crippen LogP contribution in [-0.2, 0) is 9.53 Å². The second kappa shape index (κ2) is 5.27. The van der Waals surface area contributed by atoms with Crippen LogP contribution in [0.3, 0.4) is 0 Å². The highest BCUT2D eigenvalue weighted by Gasteiger charge is 2.42. The lowest BCUT2D eigenvalue weighted by molar-refractivity contribution is -0.136. The van der Waals surface area contributed by atoms with E-state index in [1.54, 1.807) is 0 Å². The Labute approximate surface area is 119 Å². The second-order valence-corrected chi connectivity index (χ2v) is 6.30. The van der Waals surface area contributed by atoms with Crippen molar-refractivity contribution in [1.29, 1.82) is 0 Å². The third kappa shape index (κ3) is 2.69. The Morgan fingerprint density at radius 3 is 2.45 bits per heavy atom. The Morgan fingerprint density at radius 2 is 1.90 bits per heavy atom. The summed E-state index contributed by atoms with van der Waals surface area (Å²) >= 11 is 0. The summed E-state index contributed by atoms with van der Waals surface area (Å²) in [6.45, 7) is 8.07. The van der Waals surface area contributed by atoms with Crippen molar-refractivity contribution in [2.45, 2.75) is 33.7 Å². The zero-order chi connectivity index (χ0) is 14.9. The van der Waals surface area contributed by atoms with Crippen LogP contribution in [0.5, 0.6) is 0 Å². The van der Waals surface area contributed by atoms with Crippen LogP contribution in [0.15, 0.2) is 30.3 Å². The van der Waals surface area contributed by atoms with Crippen LogP contribution in [0.4, 0.5) is 4.79 Å². The number of benzene rings is 1. The smallest absolute Gasteiger partial charge is 0.417 e. The second-order valence-electron chi connectivity index (χ2n) is 6.30. The van der Waals surface area contributed by atoms with E-state index in [0.717, 1.165) is 5.56 Å². The highest BCUT2D eigenvalue weighted by atomic mass is 16.6. The molecule has 4 heteroatoms. The van der Waals surface area contributed by atoms with Crippen LogP contribution in [0.1, 0.15) is 39.3 Å². The number of carbonyl (C=O) groups is 2. The Bertz CT molecular complexity index is 504. The van der Waals surface area contributed by atoms with Gasteiger partial charge < -0.3 is 4.74 Å². The number of imide groups is 1. The number of amides is 2. The van der Waals surface area contributed by atoms with Crippen LogP contribution in [0, 0.1) is 11.3 Å².